The van der Waals surface area contributed by atoms with Gasteiger partial charge in [0.1, 0.15) is 12.3 Å². The van der Waals surface area contributed by atoms with E-state index in [1.54, 1.807) is 6.07 Å². The Morgan fingerprint density at radius 2 is 1.96 bits per heavy atom. The molecule has 0 saturated carbocycles. The number of carbonyl (C=O) groups is 2. The molecule has 2 rings (SSSR count). The van der Waals surface area contributed by atoms with Crippen molar-refractivity contribution in [1.82, 2.24) is 10.3 Å². The minimum Gasteiger partial charge on any atom is -0.480 e. The summed E-state index contributed by atoms with van der Waals surface area (Å²) in [4.78, 5) is 27.3. The standard InChI is InChI=1S/C19H22Cl2N2O3S/c1-11(2)3-15(9-24)22-17(19(25)26)8-18-23-16(10-27-18)6-12-4-13(20)7-14(21)5-12/h4-5,7,9-11,15,17,22H,3,6,8H2,1-2H3,(H,25,26)/t15-,17-/m0/s1. The first-order valence-corrected chi connectivity index (χ1v) is 10.2. The predicted octanol–water partition coefficient (Wildman–Crippen LogP) is 4.24. The number of carbonyl (C=O) groups excluding carboxylic acids is 1. The monoisotopic (exact) mass is 428 g/mol. The van der Waals surface area contributed by atoms with Gasteiger partial charge in [0, 0.05) is 28.3 Å². The lowest BCUT2D eigenvalue weighted by atomic mass is 10.0. The number of aromatic nitrogens is 1. The maximum atomic E-state index is 11.6. The lowest BCUT2D eigenvalue weighted by Crippen LogP contribution is -2.46. The molecular formula is C19H22Cl2N2O3S. The lowest BCUT2D eigenvalue weighted by molar-refractivity contribution is -0.139. The van der Waals surface area contributed by atoms with Gasteiger partial charge >= 0.3 is 5.97 Å². The molecule has 2 aromatic rings. The number of hydrogen-bond donors (Lipinski definition) is 2. The van der Waals surface area contributed by atoms with E-state index in [0.29, 0.717) is 27.9 Å². The summed E-state index contributed by atoms with van der Waals surface area (Å²) in [5.74, 6) is -0.706. The Hall–Kier alpha value is -1.47. The van der Waals surface area contributed by atoms with E-state index in [9.17, 15) is 14.7 Å². The van der Waals surface area contributed by atoms with Gasteiger partial charge in [-0.1, -0.05) is 37.0 Å². The number of carboxylic acids is 1. The van der Waals surface area contributed by atoms with Crippen LogP contribution in [0.5, 0.6) is 0 Å². The molecule has 0 spiro atoms. The first-order valence-electron chi connectivity index (χ1n) is 8.59. The number of thiazole rings is 1. The first kappa shape index (κ1) is 21.8. The van der Waals surface area contributed by atoms with Crippen molar-refractivity contribution in [2.75, 3.05) is 0 Å². The molecule has 0 aliphatic carbocycles. The van der Waals surface area contributed by atoms with Crippen LogP contribution >= 0.6 is 34.5 Å². The van der Waals surface area contributed by atoms with E-state index in [1.165, 1.54) is 11.3 Å². The molecule has 8 heteroatoms. The van der Waals surface area contributed by atoms with Crippen molar-refractivity contribution < 1.29 is 14.7 Å². The Morgan fingerprint density at radius 1 is 1.30 bits per heavy atom. The summed E-state index contributed by atoms with van der Waals surface area (Å²) in [6.45, 7) is 3.98. The lowest BCUT2D eigenvalue weighted by Gasteiger charge is -2.19. The van der Waals surface area contributed by atoms with Crippen LogP contribution in [-0.4, -0.2) is 34.4 Å². The summed E-state index contributed by atoms with van der Waals surface area (Å²) >= 11 is 13.4. The van der Waals surface area contributed by atoms with Crippen LogP contribution in [-0.2, 0) is 22.4 Å². The highest BCUT2D eigenvalue weighted by Crippen LogP contribution is 2.22. The van der Waals surface area contributed by atoms with Gasteiger partial charge in [0.05, 0.1) is 16.7 Å². The van der Waals surface area contributed by atoms with Crippen LogP contribution in [0.3, 0.4) is 0 Å². The topological polar surface area (TPSA) is 79.3 Å². The van der Waals surface area contributed by atoms with Crippen LogP contribution in [0.1, 0.15) is 36.5 Å². The molecule has 0 amide bonds. The van der Waals surface area contributed by atoms with Gasteiger partial charge in [0.25, 0.3) is 0 Å². The summed E-state index contributed by atoms with van der Waals surface area (Å²) in [6, 6.07) is 3.98. The number of nitrogens with zero attached hydrogens (tertiary/aromatic N) is 1. The van der Waals surface area contributed by atoms with Crippen molar-refractivity contribution in [2.24, 2.45) is 5.92 Å². The van der Waals surface area contributed by atoms with Crippen LogP contribution in [0.2, 0.25) is 10.0 Å². The normalized spacial score (nSPS) is 13.5. The quantitative estimate of drug-likeness (QED) is 0.553. The minimum atomic E-state index is -0.996. The number of aliphatic carboxylic acids is 1. The molecule has 0 fully saturated rings. The number of hydrogen-bond acceptors (Lipinski definition) is 5. The smallest absolute Gasteiger partial charge is 0.321 e. The number of rotatable bonds is 10. The third kappa shape index (κ3) is 7.22. The van der Waals surface area contributed by atoms with Crippen LogP contribution in [0.25, 0.3) is 0 Å². The van der Waals surface area contributed by atoms with E-state index in [0.717, 1.165) is 17.5 Å². The van der Waals surface area contributed by atoms with Gasteiger partial charge in [-0.15, -0.1) is 11.3 Å². The molecule has 146 valence electrons. The molecule has 2 atom stereocenters. The van der Waals surface area contributed by atoms with Crippen LogP contribution in [0.4, 0.5) is 0 Å². The van der Waals surface area contributed by atoms with Crippen molar-refractivity contribution >= 4 is 46.8 Å². The number of nitrogens with one attached hydrogen (secondary N) is 1. The third-order valence-corrected chi connectivity index (χ3v) is 5.24. The number of carboxylic acid groups (broad SMARTS) is 1. The van der Waals surface area contributed by atoms with Crippen molar-refractivity contribution in [3.8, 4) is 0 Å². The van der Waals surface area contributed by atoms with Gasteiger partial charge < -0.3 is 9.90 Å². The van der Waals surface area contributed by atoms with Gasteiger partial charge in [-0.25, -0.2) is 4.98 Å². The third-order valence-electron chi connectivity index (χ3n) is 3.89. The molecule has 27 heavy (non-hydrogen) atoms. The second kappa shape index (κ2) is 10.2. The highest BCUT2D eigenvalue weighted by atomic mass is 35.5. The van der Waals surface area contributed by atoms with Gasteiger partial charge in [0.2, 0.25) is 0 Å². The molecule has 1 aromatic carbocycles. The average Bonchev–Trinajstić information content (AvgIpc) is 2.98. The number of halogens is 2. The predicted molar refractivity (Wildman–Crippen MR) is 109 cm³/mol. The second-order valence-electron chi connectivity index (χ2n) is 6.82. The fraction of sp³-hybridized carbons (Fsp3) is 0.421. The van der Waals surface area contributed by atoms with Crippen LogP contribution in [0, 0.1) is 5.92 Å². The Bertz CT molecular complexity index is 775. The molecule has 0 unspecified atom stereocenters. The fourth-order valence-electron chi connectivity index (χ4n) is 2.77. The summed E-state index contributed by atoms with van der Waals surface area (Å²) in [7, 11) is 0. The minimum absolute atomic E-state index is 0.221. The molecule has 0 aliphatic rings. The maximum Gasteiger partial charge on any atom is 0.321 e. The molecule has 0 radical (unpaired) electrons. The van der Waals surface area contributed by atoms with E-state index in [-0.39, 0.29) is 12.3 Å². The maximum absolute atomic E-state index is 11.6. The van der Waals surface area contributed by atoms with Crippen molar-refractivity contribution in [2.45, 2.75) is 45.2 Å². The zero-order valence-electron chi connectivity index (χ0n) is 15.1. The van der Waals surface area contributed by atoms with Crippen molar-refractivity contribution in [3.63, 3.8) is 0 Å². The molecule has 5 nitrogen and oxygen atoms in total. The van der Waals surface area contributed by atoms with Crippen LogP contribution < -0.4 is 5.32 Å². The van der Waals surface area contributed by atoms with Gasteiger partial charge in [-0.2, -0.15) is 0 Å². The highest BCUT2D eigenvalue weighted by Gasteiger charge is 2.23. The zero-order valence-corrected chi connectivity index (χ0v) is 17.4. The Kier molecular flexibility index (Phi) is 8.23. The number of aldehydes is 1. The average molecular weight is 429 g/mol. The Morgan fingerprint density at radius 3 is 2.52 bits per heavy atom. The van der Waals surface area contributed by atoms with E-state index < -0.39 is 18.1 Å². The van der Waals surface area contributed by atoms with Crippen molar-refractivity contribution in [3.05, 3.63) is 49.9 Å². The molecule has 0 aliphatic heterocycles. The first-order chi connectivity index (χ1) is 12.8. The van der Waals surface area contributed by atoms with Gasteiger partial charge in [0.15, 0.2) is 0 Å². The molecule has 1 aromatic heterocycles. The molecule has 0 saturated heterocycles. The van der Waals surface area contributed by atoms with E-state index in [4.69, 9.17) is 23.2 Å². The van der Waals surface area contributed by atoms with Gasteiger partial charge in [-0.3, -0.25) is 10.1 Å². The summed E-state index contributed by atoms with van der Waals surface area (Å²) in [5, 5.41) is 16.1. The molecule has 2 N–H and O–H groups in total. The fourth-order valence-corrected chi connectivity index (χ4v) is 4.18. The Labute approximate surface area is 172 Å². The summed E-state index contributed by atoms with van der Waals surface area (Å²) in [5.41, 5.74) is 1.77. The zero-order chi connectivity index (χ0) is 20.0. The summed E-state index contributed by atoms with van der Waals surface area (Å²) < 4.78 is 0. The van der Waals surface area contributed by atoms with Crippen molar-refractivity contribution in [1.29, 1.82) is 0 Å². The van der Waals surface area contributed by atoms with E-state index in [2.05, 4.69) is 10.3 Å². The van der Waals surface area contributed by atoms with E-state index >= 15 is 0 Å². The van der Waals surface area contributed by atoms with Crippen LogP contribution in [0.15, 0.2) is 23.6 Å². The van der Waals surface area contributed by atoms with Gasteiger partial charge in [-0.05, 0) is 36.1 Å². The molecule has 1 heterocycles. The van der Waals surface area contributed by atoms with E-state index in [1.807, 2.05) is 31.4 Å². The largest absolute Gasteiger partial charge is 0.480 e. The molecule has 0 bridgehead atoms. The SMILES string of the molecule is CC(C)C[C@@H](C=O)N[C@@H](Cc1nc(Cc2cc(Cl)cc(Cl)c2)cs1)C(=O)O. The Balaban J connectivity index is 2.04. The highest BCUT2D eigenvalue weighted by molar-refractivity contribution is 7.09. The second-order valence-corrected chi connectivity index (χ2v) is 8.64. The molecular weight excluding hydrogens is 407 g/mol. The number of benzene rings is 1. The summed E-state index contributed by atoms with van der Waals surface area (Å²) in [6.07, 6.45) is 2.14.